The van der Waals surface area contributed by atoms with Crippen molar-refractivity contribution >= 4 is 28.5 Å². The zero-order chi connectivity index (χ0) is 20.3. The number of carbonyl (C=O) groups is 2. The van der Waals surface area contributed by atoms with E-state index < -0.39 is 18.0 Å². The molecule has 3 aromatic rings. The fraction of sp³-hybridized carbons (Fsp3) is 0.227. The molecule has 1 N–H and O–H groups in total. The highest BCUT2D eigenvalue weighted by atomic mass is 16.5. The fourth-order valence-corrected chi connectivity index (χ4v) is 2.91. The van der Waals surface area contributed by atoms with Crippen molar-refractivity contribution in [1.29, 1.82) is 0 Å². The van der Waals surface area contributed by atoms with E-state index in [1.807, 2.05) is 38.1 Å². The van der Waals surface area contributed by atoms with Crippen LogP contribution in [0.15, 0.2) is 48.5 Å². The Morgan fingerprint density at radius 2 is 1.82 bits per heavy atom. The Bertz CT molecular complexity index is 1050. The zero-order valence-electron chi connectivity index (χ0n) is 16.3. The van der Waals surface area contributed by atoms with Crippen LogP contribution in [0.25, 0.3) is 10.9 Å². The second kappa shape index (κ2) is 8.08. The topological polar surface area (TPSA) is 77.5 Å². The summed E-state index contributed by atoms with van der Waals surface area (Å²) in [6.07, 6.45) is -0.982. The Balaban J connectivity index is 1.78. The Labute approximate surface area is 163 Å². The summed E-state index contributed by atoms with van der Waals surface area (Å²) in [7, 11) is 1.53. The van der Waals surface area contributed by atoms with Crippen LogP contribution in [-0.2, 0) is 9.53 Å². The third-order valence-electron chi connectivity index (χ3n) is 4.33. The van der Waals surface area contributed by atoms with E-state index in [2.05, 4.69) is 10.3 Å². The van der Waals surface area contributed by atoms with Crippen LogP contribution in [0.2, 0.25) is 0 Å². The van der Waals surface area contributed by atoms with Crippen molar-refractivity contribution < 1.29 is 19.1 Å². The van der Waals surface area contributed by atoms with Crippen LogP contribution in [0.4, 0.5) is 5.69 Å². The molecule has 6 heteroatoms. The molecular weight excluding hydrogens is 356 g/mol. The van der Waals surface area contributed by atoms with Crippen molar-refractivity contribution in [3.05, 3.63) is 65.4 Å². The predicted octanol–water partition coefficient (Wildman–Crippen LogP) is 4.04. The van der Waals surface area contributed by atoms with Gasteiger partial charge in [0.2, 0.25) is 0 Å². The summed E-state index contributed by atoms with van der Waals surface area (Å²) in [6.45, 7) is 5.25. The number of para-hydroxylation sites is 1. The van der Waals surface area contributed by atoms with E-state index in [9.17, 15) is 9.59 Å². The average Bonchev–Trinajstić information content (AvgIpc) is 2.67. The first-order valence-electron chi connectivity index (χ1n) is 8.92. The van der Waals surface area contributed by atoms with Crippen LogP contribution in [0.3, 0.4) is 0 Å². The molecule has 1 amide bonds. The highest BCUT2D eigenvalue weighted by molar-refractivity contribution is 6.05. The van der Waals surface area contributed by atoms with Crippen molar-refractivity contribution in [2.45, 2.75) is 26.9 Å². The molecule has 0 spiro atoms. The second-order valence-corrected chi connectivity index (χ2v) is 6.57. The molecule has 1 heterocycles. The Kier molecular flexibility index (Phi) is 5.59. The molecule has 28 heavy (non-hydrogen) atoms. The summed E-state index contributed by atoms with van der Waals surface area (Å²) < 4.78 is 10.7. The first-order chi connectivity index (χ1) is 13.4. The number of aromatic nitrogens is 1. The molecule has 2 aromatic carbocycles. The molecule has 0 unspecified atom stereocenters. The number of carbonyl (C=O) groups excluding carboxylic acids is 2. The van der Waals surface area contributed by atoms with Crippen molar-refractivity contribution in [2.24, 2.45) is 0 Å². The van der Waals surface area contributed by atoms with Gasteiger partial charge in [0, 0.05) is 11.1 Å². The molecule has 1 aromatic heterocycles. The highest BCUT2D eigenvalue weighted by Gasteiger charge is 2.22. The number of nitrogens with one attached hydrogen (secondary N) is 1. The minimum absolute atomic E-state index is 0.385. The molecule has 0 aliphatic heterocycles. The average molecular weight is 378 g/mol. The first-order valence-corrected chi connectivity index (χ1v) is 8.92. The van der Waals surface area contributed by atoms with Crippen LogP contribution in [-0.4, -0.2) is 30.1 Å². The van der Waals surface area contributed by atoms with Crippen molar-refractivity contribution in [3.63, 3.8) is 0 Å². The van der Waals surface area contributed by atoms with Gasteiger partial charge in [-0.3, -0.25) is 9.78 Å². The number of pyridine rings is 1. The van der Waals surface area contributed by atoms with Crippen LogP contribution < -0.4 is 10.1 Å². The summed E-state index contributed by atoms with van der Waals surface area (Å²) >= 11 is 0. The Hall–Kier alpha value is -3.41. The molecule has 3 rings (SSSR count). The van der Waals surface area contributed by atoms with E-state index in [1.165, 1.54) is 14.0 Å². The summed E-state index contributed by atoms with van der Waals surface area (Å²) in [5.41, 5.74) is 3.29. The number of hydrogen-bond acceptors (Lipinski definition) is 5. The summed E-state index contributed by atoms with van der Waals surface area (Å²) in [5, 5.41) is 3.44. The molecule has 0 aliphatic rings. The van der Waals surface area contributed by atoms with E-state index >= 15 is 0 Å². The number of anilines is 1. The Morgan fingerprint density at radius 1 is 1.07 bits per heavy atom. The number of nitrogens with zero attached hydrogens (tertiary/aromatic N) is 1. The third kappa shape index (κ3) is 4.11. The van der Waals surface area contributed by atoms with Gasteiger partial charge in [0.25, 0.3) is 5.91 Å². The molecule has 0 saturated heterocycles. The van der Waals surface area contributed by atoms with E-state index in [4.69, 9.17) is 9.47 Å². The zero-order valence-corrected chi connectivity index (χ0v) is 16.3. The van der Waals surface area contributed by atoms with Gasteiger partial charge in [-0.15, -0.1) is 0 Å². The molecule has 0 bridgehead atoms. The standard InChI is InChI=1S/C22H22N2O4/c1-13-9-10-20(27-4)19(11-13)24-21(25)15(3)28-22(26)17-12-14(2)23-18-8-6-5-7-16(17)18/h5-12,15H,1-4H3,(H,24,25)/t15-/m0/s1. The summed E-state index contributed by atoms with van der Waals surface area (Å²) in [5.74, 6) is -0.471. The maximum absolute atomic E-state index is 12.7. The quantitative estimate of drug-likeness (QED) is 0.678. The number of hydrogen-bond donors (Lipinski definition) is 1. The smallest absolute Gasteiger partial charge is 0.339 e. The number of benzene rings is 2. The van der Waals surface area contributed by atoms with Crippen molar-refractivity contribution in [1.82, 2.24) is 4.98 Å². The van der Waals surface area contributed by atoms with E-state index in [0.717, 1.165) is 5.56 Å². The van der Waals surface area contributed by atoms with Gasteiger partial charge < -0.3 is 14.8 Å². The van der Waals surface area contributed by atoms with Gasteiger partial charge in [0.1, 0.15) is 5.75 Å². The molecule has 0 saturated carbocycles. The van der Waals surface area contributed by atoms with Crippen molar-refractivity contribution in [2.75, 3.05) is 12.4 Å². The number of fused-ring (bicyclic) bond motifs is 1. The van der Waals surface area contributed by atoms with E-state index in [-0.39, 0.29) is 0 Å². The molecule has 0 aliphatic carbocycles. The highest BCUT2D eigenvalue weighted by Crippen LogP contribution is 2.26. The number of amides is 1. The lowest BCUT2D eigenvalue weighted by molar-refractivity contribution is -0.123. The lowest BCUT2D eigenvalue weighted by atomic mass is 10.1. The van der Waals surface area contributed by atoms with Crippen LogP contribution in [0, 0.1) is 13.8 Å². The first kappa shape index (κ1) is 19.4. The van der Waals surface area contributed by atoms with Gasteiger partial charge in [-0.2, -0.15) is 0 Å². The Morgan fingerprint density at radius 3 is 2.57 bits per heavy atom. The van der Waals surface area contributed by atoms with Gasteiger partial charge in [-0.1, -0.05) is 24.3 Å². The van der Waals surface area contributed by atoms with Gasteiger partial charge in [-0.05, 0) is 50.6 Å². The lowest BCUT2D eigenvalue weighted by Gasteiger charge is -2.16. The van der Waals surface area contributed by atoms with Crippen LogP contribution in [0.5, 0.6) is 5.75 Å². The third-order valence-corrected chi connectivity index (χ3v) is 4.33. The van der Waals surface area contributed by atoms with Gasteiger partial charge in [-0.25, -0.2) is 4.79 Å². The van der Waals surface area contributed by atoms with Gasteiger partial charge in [0.05, 0.1) is 23.9 Å². The van der Waals surface area contributed by atoms with E-state index in [1.54, 1.807) is 24.3 Å². The normalized spacial score (nSPS) is 11.7. The van der Waals surface area contributed by atoms with Gasteiger partial charge >= 0.3 is 5.97 Å². The van der Waals surface area contributed by atoms with Gasteiger partial charge in [0.15, 0.2) is 6.10 Å². The summed E-state index contributed by atoms with van der Waals surface area (Å²) in [4.78, 5) is 29.6. The number of ether oxygens (including phenoxy) is 2. The molecule has 0 fully saturated rings. The monoisotopic (exact) mass is 378 g/mol. The lowest BCUT2D eigenvalue weighted by Crippen LogP contribution is -2.30. The summed E-state index contributed by atoms with van der Waals surface area (Å²) in [6, 6.07) is 14.4. The van der Waals surface area contributed by atoms with E-state index in [0.29, 0.717) is 33.6 Å². The maximum Gasteiger partial charge on any atom is 0.339 e. The number of aryl methyl sites for hydroxylation is 2. The maximum atomic E-state index is 12.7. The number of methoxy groups -OCH3 is 1. The molecular formula is C22H22N2O4. The SMILES string of the molecule is COc1ccc(C)cc1NC(=O)[C@H](C)OC(=O)c1cc(C)nc2ccccc12. The number of rotatable bonds is 5. The largest absolute Gasteiger partial charge is 0.495 e. The predicted molar refractivity (Wildman–Crippen MR) is 108 cm³/mol. The molecule has 0 radical (unpaired) electrons. The van der Waals surface area contributed by atoms with Crippen LogP contribution in [0.1, 0.15) is 28.5 Å². The second-order valence-electron chi connectivity index (χ2n) is 6.57. The molecule has 144 valence electrons. The fourth-order valence-electron chi connectivity index (χ4n) is 2.91. The minimum atomic E-state index is -0.982. The van der Waals surface area contributed by atoms with Crippen LogP contribution >= 0.6 is 0 Å². The number of esters is 1. The minimum Gasteiger partial charge on any atom is -0.495 e. The van der Waals surface area contributed by atoms with Crippen molar-refractivity contribution in [3.8, 4) is 5.75 Å². The molecule has 6 nitrogen and oxygen atoms in total. The molecule has 1 atom stereocenters.